The van der Waals surface area contributed by atoms with Crippen LogP contribution in [-0.2, 0) is 13.0 Å². The Morgan fingerprint density at radius 3 is 2.67 bits per heavy atom. The second-order valence-corrected chi connectivity index (χ2v) is 4.11. The van der Waals surface area contributed by atoms with Gasteiger partial charge in [0.25, 0.3) is 0 Å². The zero-order valence-electron chi connectivity index (χ0n) is 10.4. The number of hydrogen-bond donors (Lipinski definition) is 1. The van der Waals surface area contributed by atoms with E-state index in [-0.39, 0.29) is 0 Å². The Morgan fingerprint density at radius 1 is 1.06 bits per heavy atom. The molecule has 1 aromatic heterocycles. The molecule has 0 saturated carbocycles. The van der Waals surface area contributed by atoms with Gasteiger partial charge in [-0.25, -0.2) is 0 Å². The minimum Gasteiger partial charge on any atom is -0.487 e. The molecule has 18 heavy (non-hydrogen) atoms. The standard InChI is InChI=1S/C15H18N2O/c16-10-5-7-13-6-1-2-9-15(13)18-12-14-8-3-4-11-17-14/h1-4,6,8-9,11H,5,7,10,12,16H2. The molecule has 3 heteroatoms. The summed E-state index contributed by atoms with van der Waals surface area (Å²) in [6, 6.07) is 13.9. The number of para-hydroxylation sites is 1. The quantitative estimate of drug-likeness (QED) is 0.846. The van der Waals surface area contributed by atoms with Crippen LogP contribution in [0.5, 0.6) is 5.75 Å². The predicted octanol–water partition coefficient (Wildman–Crippen LogP) is 2.55. The maximum Gasteiger partial charge on any atom is 0.130 e. The Balaban J connectivity index is 2.00. The summed E-state index contributed by atoms with van der Waals surface area (Å²) in [4.78, 5) is 4.24. The van der Waals surface area contributed by atoms with Gasteiger partial charge in [-0.2, -0.15) is 0 Å². The van der Waals surface area contributed by atoms with E-state index in [2.05, 4.69) is 11.1 Å². The van der Waals surface area contributed by atoms with E-state index in [9.17, 15) is 0 Å². The fourth-order valence-electron chi connectivity index (χ4n) is 1.78. The predicted molar refractivity (Wildman–Crippen MR) is 72.4 cm³/mol. The Bertz CT molecular complexity index is 471. The van der Waals surface area contributed by atoms with Crippen molar-refractivity contribution in [3.05, 3.63) is 59.9 Å². The van der Waals surface area contributed by atoms with Gasteiger partial charge in [-0.15, -0.1) is 0 Å². The van der Waals surface area contributed by atoms with Crippen molar-refractivity contribution in [3.8, 4) is 5.75 Å². The van der Waals surface area contributed by atoms with Crippen LogP contribution >= 0.6 is 0 Å². The minimum absolute atomic E-state index is 0.500. The van der Waals surface area contributed by atoms with Crippen LogP contribution < -0.4 is 10.5 Å². The van der Waals surface area contributed by atoms with Gasteiger partial charge in [0.05, 0.1) is 5.69 Å². The Kier molecular flexibility index (Phi) is 4.73. The third-order valence-corrected chi connectivity index (χ3v) is 2.72. The van der Waals surface area contributed by atoms with E-state index < -0.39 is 0 Å². The van der Waals surface area contributed by atoms with Crippen molar-refractivity contribution in [2.24, 2.45) is 5.73 Å². The number of rotatable bonds is 6. The summed E-state index contributed by atoms with van der Waals surface area (Å²) in [6.45, 7) is 1.20. The smallest absolute Gasteiger partial charge is 0.130 e. The third kappa shape index (κ3) is 3.57. The zero-order valence-corrected chi connectivity index (χ0v) is 10.4. The van der Waals surface area contributed by atoms with Crippen LogP contribution in [0.4, 0.5) is 0 Å². The first-order valence-electron chi connectivity index (χ1n) is 6.21. The molecular formula is C15H18N2O. The molecule has 1 heterocycles. The highest BCUT2D eigenvalue weighted by molar-refractivity contribution is 5.33. The van der Waals surface area contributed by atoms with Gasteiger partial charge in [0.2, 0.25) is 0 Å². The van der Waals surface area contributed by atoms with Gasteiger partial charge < -0.3 is 10.5 Å². The number of ether oxygens (including phenoxy) is 1. The van der Waals surface area contributed by atoms with Crippen LogP contribution in [0, 0.1) is 0 Å². The lowest BCUT2D eigenvalue weighted by atomic mass is 10.1. The third-order valence-electron chi connectivity index (χ3n) is 2.72. The molecule has 2 N–H and O–H groups in total. The summed E-state index contributed by atoms with van der Waals surface area (Å²) < 4.78 is 5.82. The van der Waals surface area contributed by atoms with E-state index in [1.54, 1.807) is 6.20 Å². The average Bonchev–Trinajstić information content (AvgIpc) is 2.45. The van der Waals surface area contributed by atoms with Crippen LogP contribution in [0.25, 0.3) is 0 Å². The number of nitrogens with two attached hydrogens (primary N) is 1. The molecule has 0 fully saturated rings. The normalized spacial score (nSPS) is 10.3. The molecule has 0 amide bonds. The summed E-state index contributed by atoms with van der Waals surface area (Å²) >= 11 is 0. The van der Waals surface area contributed by atoms with Crippen LogP contribution in [0.15, 0.2) is 48.7 Å². The second kappa shape index (κ2) is 6.77. The highest BCUT2D eigenvalue weighted by atomic mass is 16.5. The molecule has 0 bridgehead atoms. The van der Waals surface area contributed by atoms with Gasteiger partial charge in [0, 0.05) is 6.20 Å². The molecule has 2 rings (SSSR count). The average molecular weight is 242 g/mol. The summed E-state index contributed by atoms with van der Waals surface area (Å²) in [5, 5.41) is 0. The van der Waals surface area contributed by atoms with Crippen LogP contribution in [0.3, 0.4) is 0 Å². The summed E-state index contributed by atoms with van der Waals surface area (Å²) in [5.41, 5.74) is 7.68. The fourth-order valence-corrected chi connectivity index (χ4v) is 1.78. The number of nitrogens with zero attached hydrogens (tertiary/aromatic N) is 1. The lowest BCUT2D eigenvalue weighted by Gasteiger charge is -2.10. The molecule has 0 aliphatic heterocycles. The highest BCUT2D eigenvalue weighted by Crippen LogP contribution is 2.20. The van der Waals surface area contributed by atoms with Crippen LogP contribution in [0.1, 0.15) is 17.7 Å². The minimum atomic E-state index is 0.500. The number of benzene rings is 1. The SMILES string of the molecule is NCCCc1ccccc1OCc1ccccn1. The Morgan fingerprint density at radius 2 is 1.89 bits per heavy atom. The van der Waals surface area contributed by atoms with Crippen molar-refractivity contribution < 1.29 is 4.74 Å². The lowest BCUT2D eigenvalue weighted by molar-refractivity contribution is 0.298. The first kappa shape index (κ1) is 12.6. The van der Waals surface area contributed by atoms with Crippen molar-refractivity contribution in [3.63, 3.8) is 0 Å². The summed E-state index contributed by atoms with van der Waals surface area (Å²) in [5.74, 6) is 0.927. The van der Waals surface area contributed by atoms with E-state index in [1.165, 1.54) is 5.56 Å². The molecule has 1 aromatic carbocycles. The van der Waals surface area contributed by atoms with Crippen molar-refractivity contribution in [2.75, 3.05) is 6.54 Å². The van der Waals surface area contributed by atoms with Gasteiger partial charge in [-0.1, -0.05) is 24.3 Å². The Labute approximate surface area is 108 Å². The molecule has 0 aliphatic carbocycles. The maximum absolute atomic E-state index is 5.82. The number of pyridine rings is 1. The first-order chi connectivity index (χ1) is 8.90. The number of aryl methyl sites for hydroxylation is 1. The van der Waals surface area contributed by atoms with E-state index in [4.69, 9.17) is 10.5 Å². The highest BCUT2D eigenvalue weighted by Gasteiger charge is 2.03. The Hall–Kier alpha value is -1.87. The molecule has 0 unspecified atom stereocenters. The fraction of sp³-hybridized carbons (Fsp3) is 0.267. The van der Waals surface area contributed by atoms with E-state index in [0.29, 0.717) is 13.2 Å². The molecule has 0 aliphatic rings. The van der Waals surface area contributed by atoms with Crippen molar-refractivity contribution in [1.29, 1.82) is 0 Å². The van der Waals surface area contributed by atoms with Gasteiger partial charge in [0.15, 0.2) is 0 Å². The van der Waals surface area contributed by atoms with E-state index in [1.807, 2.05) is 36.4 Å². The van der Waals surface area contributed by atoms with E-state index >= 15 is 0 Å². The van der Waals surface area contributed by atoms with Crippen molar-refractivity contribution >= 4 is 0 Å². The summed E-state index contributed by atoms with van der Waals surface area (Å²) in [7, 11) is 0. The van der Waals surface area contributed by atoms with Crippen molar-refractivity contribution in [1.82, 2.24) is 4.98 Å². The molecule has 2 aromatic rings. The van der Waals surface area contributed by atoms with Crippen molar-refractivity contribution in [2.45, 2.75) is 19.4 Å². The molecule has 0 atom stereocenters. The molecule has 0 saturated heterocycles. The molecule has 3 nitrogen and oxygen atoms in total. The lowest BCUT2D eigenvalue weighted by Crippen LogP contribution is -2.03. The molecule has 0 spiro atoms. The first-order valence-corrected chi connectivity index (χ1v) is 6.21. The van der Waals surface area contributed by atoms with Gasteiger partial charge in [-0.05, 0) is 43.1 Å². The van der Waals surface area contributed by atoms with Crippen LogP contribution in [0.2, 0.25) is 0 Å². The number of hydrogen-bond acceptors (Lipinski definition) is 3. The molecule has 0 radical (unpaired) electrons. The molecule has 94 valence electrons. The topological polar surface area (TPSA) is 48.1 Å². The van der Waals surface area contributed by atoms with E-state index in [0.717, 1.165) is 24.3 Å². The van der Waals surface area contributed by atoms with Gasteiger partial charge in [-0.3, -0.25) is 4.98 Å². The van der Waals surface area contributed by atoms with Gasteiger partial charge in [0.1, 0.15) is 12.4 Å². The second-order valence-electron chi connectivity index (χ2n) is 4.11. The molecular weight excluding hydrogens is 224 g/mol. The monoisotopic (exact) mass is 242 g/mol. The zero-order chi connectivity index (χ0) is 12.6. The number of aromatic nitrogens is 1. The maximum atomic E-state index is 5.82. The van der Waals surface area contributed by atoms with Crippen LogP contribution in [-0.4, -0.2) is 11.5 Å². The van der Waals surface area contributed by atoms with Gasteiger partial charge >= 0.3 is 0 Å². The summed E-state index contributed by atoms with van der Waals surface area (Å²) in [6.07, 6.45) is 3.71. The largest absolute Gasteiger partial charge is 0.487 e.